The van der Waals surface area contributed by atoms with Crippen molar-refractivity contribution in [1.29, 1.82) is 0 Å². The van der Waals surface area contributed by atoms with Gasteiger partial charge in [0.15, 0.2) is 0 Å². The summed E-state index contributed by atoms with van der Waals surface area (Å²) in [5.74, 6) is -0.861. The lowest BCUT2D eigenvalue weighted by molar-refractivity contribution is -0.366. The summed E-state index contributed by atoms with van der Waals surface area (Å²) in [7, 11) is 0. The van der Waals surface area contributed by atoms with Gasteiger partial charge in [-0.2, -0.15) is 0 Å². The van der Waals surface area contributed by atoms with Crippen molar-refractivity contribution in [3.05, 3.63) is 12.2 Å². The number of fused-ring (bicyclic) bond motifs is 2. The highest BCUT2D eigenvalue weighted by molar-refractivity contribution is 5.91. The minimum absolute atomic E-state index is 0.00868. The molecule has 70 valence electrons. The molecule has 0 aromatic carbocycles. The molecule has 4 nitrogen and oxygen atoms in total. The number of hydrogen-bond acceptors (Lipinski definition) is 3. The van der Waals surface area contributed by atoms with Crippen LogP contribution >= 0.6 is 0 Å². The van der Waals surface area contributed by atoms with Gasteiger partial charge in [-0.1, -0.05) is 6.92 Å². The van der Waals surface area contributed by atoms with Crippen molar-refractivity contribution in [3.63, 3.8) is 0 Å². The number of nitrogens with zero attached hydrogens (tertiary/aromatic N) is 1. The summed E-state index contributed by atoms with van der Waals surface area (Å²) in [5.41, 5.74) is -0.0244. The molecular weight excluding hydrogens is 170 g/mol. The molecule has 4 heteroatoms. The molecule has 0 N–H and O–H groups in total. The fourth-order valence-electron chi connectivity index (χ4n) is 2.06. The van der Waals surface area contributed by atoms with Crippen LogP contribution in [0.4, 0.5) is 0 Å². The van der Waals surface area contributed by atoms with Crippen LogP contribution in [0.1, 0.15) is 6.92 Å². The zero-order valence-electron chi connectivity index (χ0n) is 7.45. The Kier molecular flexibility index (Phi) is 1.14. The Morgan fingerprint density at radius 1 is 1.46 bits per heavy atom. The molecule has 0 radical (unpaired) electrons. The average molecular weight is 181 g/mol. The van der Waals surface area contributed by atoms with Crippen LogP contribution in [0.15, 0.2) is 12.2 Å². The van der Waals surface area contributed by atoms with E-state index in [1.54, 1.807) is 11.0 Å². The van der Waals surface area contributed by atoms with Crippen LogP contribution in [-0.4, -0.2) is 36.5 Å². The predicted molar refractivity (Wildman–Crippen MR) is 43.6 cm³/mol. The molecule has 4 aliphatic rings. The van der Waals surface area contributed by atoms with E-state index in [4.69, 9.17) is 9.47 Å². The van der Waals surface area contributed by atoms with Gasteiger partial charge < -0.3 is 9.47 Å². The van der Waals surface area contributed by atoms with Gasteiger partial charge in [0.25, 0.3) is 11.8 Å². The van der Waals surface area contributed by atoms with Gasteiger partial charge in [-0.05, 0) is 0 Å². The van der Waals surface area contributed by atoms with Crippen molar-refractivity contribution in [2.45, 2.75) is 12.8 Å². The van der Waals surface area contributed by atoms with Gasteiger partial charge in [-0.15, -0.1) is 0 Å². The van der Waals surface area contributed by atoms with Gasteiger partial charge in [0.1, 0.15) is 0 Å². The normalized spacial score (nSPS) is 47.2. The Bertz CT molecular complexity index is 302. The lowest BCUT2D eigenvalue weighted by atomic mass is 9.88. The average Bonchev–Trinajstić information content (AvgIpc) is 2.45. The van der Waals surface area contributed by atoms with Crippen molar-refractivity contribution >= 4 is 5.91 Å². The second kappa shape index (κ2) is 1.96. The molecule has 4 heterocycles. The molecule has 3 saturated heterocycles. The summed E-state index contributed by atoms with van der Waals surface area (Å²) in [5, 5.41) is 0. The first-order chi connectivity index (χ1) is 6.14. The Morgan fingerprint density at radius 3 is 2.85 bits per heavy atom. The molecule has 4 rings (SSSR count). The summed E-state index contributed by atoms with van der Waals surface area (Å²) in [4.78, 5) is 13.1. The number of hydrogen-bond donors (Lipinski definition) is 0. The van der Waals surface area contributed by atoms with E-state index in [0.717, 1.165) is 6.54 Å². The lowest BCUT2D eigenvalue weighted by Crippen LogP contribution is -2.66. The molecule has 0 saturated carbocycles. The first-order valence-corrected chi connectivity index (χ1v) is 4.42. The van der Waals surface area contributed by atoms with Gasteiger partial charge in [-0.3, -0.25) is 9.69 Å². The van der Waals surface area contributed by atoms with Crippen LogP contribution < -0.4 is 0 Å². The summed E-state index contributed by atoms with van der Waals surface area (Å²) in [6, 6.07) is 0. The molecule has 2 bridgehead atoms. The maximum absolute atomic E-state index is 11.4. The Hall–Kier alpha value is -0.870. The largest absolute Gasteiger partial charge is 0.329 e. The maximum Gasteiger partial charge on any atom is 0.276 e. The van der Waals surface area contributed by atoms with Crippen LogP contribution in [0.5, 0.6) is 0 Å². The van der Waals surface area contributed by atoms with Crippen molar-refractivity contribution in [2.75, 3.05) is 19.8 Å². The van der Waals surface area contributed by atoms with E-state index in [2.05, 4.69) is 6.92 Å². The topological polar surface area (TPSA) is 38.8 Å². The third kappa shape index (κ3) is 0.796. The van der Waals surface area contributed by atoms with E-state index in [1.807, 2.05) is 0 Å². The van der Waals surface area contributed by atoms with Crippen molar-refractivity contribution in [3.8, 4) is 0 Å². The van der Waals surface area contributed by atoms with E-state index in [9.17, 15) is 4.79 Å². The van der Waals surface area contributed by atoms with Gasteiger partial charge in [0, 0.05) is 24.1 Å². The Morgan fingerprint density at radius 2 is 2.15 bits per heavy atom. The van der Waals surface area contributed by atoms with Crippen molar-refractivity contribution in [2.24, 2.45) is 5.41 Å². The molecular formula is C9H11NO3. The maximum atomic E-state index is 11.4. The van der Waals surface area contributed by atoms with E-state index in [-0.39, 0.29) is 11.3 Å². The highest BCUT2D eigenvalue weighted by atomic mass is 16.7. The third-order valence-electron chi connectivity index (χ3n) is 2.87. The molecule has 3 fully saturated rings. The Balaban J connectivity index is 2.03. The van der Waals surface area contributed by atoms with Crippen LogP contribution in [0.2, 0.25) is 0 Å². The zero-order chi connectivity index (χ0) is 9.10. The van der Waals surface area contributed by atoms with E-state index < -0.39 is 5.91 Å². The number of carbonyl (C=O) groups excluding carboxylic acids is 1. The third-order valence-corrected chi connectivity index (χ3v) is 2.87. The van der Waals surface area contributed by atoms with Gasteiger partial charge in [0.2, 0.25) is 0 Å². The minimum Gasteiger partial charge on any atom is -0.329 e. The minimum atomic E-state index is -0.852. The number of carbonyl (C=O) groups is 1. The van der Waals surface area contributed by atoms with Crippen LogP contribution in [0.3, 0.4) is 0 Å². The second-order valence-corrected chi connectivity index (χ2v) is 4.28. The van der Waals surface area contributed by atoms with E-state index in [0.29, 0.717) is 13.2 Å². The van der Waals surface area contributed by atoms with E-state index in [1.165, 1.54) is 6.08 Å². The molecule has 0 aromatic rings. The molecule has 0 aliphatic carbocycles. The Labute approximate surface area is 76.1 Å². The van der Waals surface area contributed by atoms with Crippen LogP contribution in [0, 0.1) is 5.41 Å². The number of ether oxygens (including phenoxy) is 2. The summed E-state index contributed by atoms with van der Waals surface area (Å²) in [6.07, 6.45) is 3.23. The molecule has 0 atom stereocenters. The standard InChI is InChI=1S/C9H11NO3/c1-8-4-10-7(11)2-3-9(10,12-5-8)13-6-8/h2-3H,4-6H2,1H3. The smallest absolute Gasteiger partial charge is 0.276 e. The molecule has 4 aliphatic heterocycles. The van der Waals surface area contributed by atoms with Crippen molar-refractivity contribution in [1.82, 2.24) is 4.90 Å². The summed E-state index contributed by atoms with van der Waals surface area (Å²) >= 11 is 0. The molecule has 1 spiro atoms. The van der Waals surface area contributed by atoms with Crippen LogP contribution in [-0.2, 0) is 14.3 Å². The van der Waals surface area contributed by atoms with E-state index >= 15 is 0 Å². The molecule has 1 amide bonds. The molecule has 13 heavy (non-hydrogen) atoms. The monoisotopic (exact) mass is 181 g/mol. The second-order valence-electron chi connectivity index (χ2n) is 4.28. The molecule has 0 aromatic heterocycles. The SMILES string of the molecule is CC12COC3(C=CC(=O)N3C1)OC2. The summed E-state index contributed by atoms with van der Waals surface area (Å²) in [6.45, 7) is 4.14. The summed E-state index contributed by atoms with van der Waals surface area (Å²) < 4.78 is 11.1. The van der Waals surface area contributed by atoms with Gasteiger partial charge in [0.05, 0.1) is 13.2 Å². The quantitative estimate of drug-likeness (QED) is 0.532. The first-order valence-electron chi connectivity index (χ1n) is 4.42. The fourth-order valence-corrected chi connectivity index (χ4v) is 2.06. The fraction of sp³-hybridized carbons (Fsp3) is 0.667. The highest BCUT2D eigenvalue weighted by Crippen LogP contribution is 2.43. The van der Waals surface area contributed by atoms with Gasteiger partial charge >= 0.3 is 0 Å². The van der Waals surface area contributed by atoms with Crippen LogP contribution in [0.25, 0.3) is 0 Å². The lowest BCUT2D eigenvalue weighted by Gasteiger charge is -2.53. The number of rotatable bonds is 0. The highest BCUT2D eigenvalue weighted by Gasteiger charge is 2.56. The van der Waals surface area contributed by atoms with Gasteiger partial charge in [-0.25, -0.2) is 0 Å². The molecule has 0 unspecified atom stereocenters. The van der Waals surface area contributed by atoms with Crippen molar-refractivity contribution < 1.29 is 14.3 Å². The predicted octanol–water partition coefficient (Wildman–Crippen LogP) is 0.105. The number of amides is 1. The first kappa shape index (κ1) is 7.53. The zero-order valence-corrected chi connectivity index (χ0v) is 7.45.